The summed E-state index contributed by atoms with van der Waals surface area (Å²) < 4.78 is 13.0. The Bertz CT molecular complexity index is 628. The Morgan fingerprint density at radius 3 is 3.11 bits per heavy atom. The fourth-order valence-corrected chi connectivity index (χ4v) is 1.71. The van der Waals surface area contributed by atoms with Crippen molar-refractivity contribution in [1.82, 2.24) is 9.97 Å². The van der Waals surface area contributed by atoms with Crippen molar-refractivity contribution in [2.24, 2.45) is 5.92 Å². The zero-order valence-electron chi connectivity index (χ0n) is 9.61. The molecule has 0 aliphatic heterocycles. The molecule has 1 aromatic heterocycles. The van der Waals surface area contributed by atoms with Crippen LogP contribution in [0.3, 0.4) is 0 Å². The van der Waals surface area contributed by atoms with Crippen molar-refractivity contribution in [1.29, 1.82) is 0 Å². The molecule has 0 spiro atoms. The second-order valence-corrected chi connectivity index (χ2v) is 4.43. The second-order valence-electron chi connectivity index (χ2n) is 4.43. The largest absolute Gasteiger partial charge is 0.324 e. The highest BCUT2D eigenvalue weighted by molar-refractivity contribution is 5.99. The number of carbonyl (C=O) groups excluding carboxylic acids is 1. The van der Waals surface area contributed by atoms with Crippen LogP contribution in [0.15, 0.2) is 30.4 Å². The minimum atomic E-state index is -0.336. The zero-order chi connectivity index (χ0) is 12.5. The number of imidazole rings is 1. The predicted molar refractivity (Wildman–Crippen MR) is 66.5 cm³/mol. The highest BCUT2D eigenvalue weighted by atomic mass is 19.1. The van der Waals surface area contributed by atoms with E-state index >= 15 is 0 Å². The molecule has 18 heavy (non-hydrogen) atoms. The molecule has 1 fully saturated rings. The summed E-state index contributed by atoms with van der Waals surface area (Å²) in [5.41, 5.74) is 1.19. The van der Waals surface area contributed by atoms with E-state index in [0.717, 1.165) is 12.8 Å². The van der Waals surface area contributed by atoms with E-state index in [1.807, 2.05) is 6.08 Å². The molecular formula is C13H12FN3O. The Hall–Kier alpha value is -2.17. The molecule has 92 valence electrons. The van der Waals surface area contributed by atoms with Gasteiger partial charge in [0.2, 0.25) is 11.9 Å². The average molecular weight is 245 g/mol. The Kier molecular flexibility index (Phi) is 2.59. The maximum absolute atomic E-state index is 13.0. The van der Waals surface area contributed by atoms with E-state index in [9.17, 15) is 9.18 Å². The van der Waals surface area contributed by atoms with Gasteiger partial charge in [0.25, 0.3) is 0 Å². The monoisotopic (exact) mass is 245 g/mol. The van der Waals surface area contributed by atoms with Gasteiger partial charge in [0.05, 0.1) is 11.0 Å². The maximum Gasteiger partial charge on any atom is 0.250 e. The first-order chi connectivity index (χ1) is 8.70. The summed E-state index contributed by atoms with van der Waals surface area (Å²) in [5.74, 6) is 0.334. The van der Waals surface area contributed by atoms with Gasteiger partial charge in [-0.2, -0.15) is 0 Å². The molecule has 0 radical (unpaired) electrons. The molecule has 1 heterocycles. The van der Waals surface area contributed by atoms with E-state index in [0.29, 0.717) is 22.9 Å². The van der Waals surface area contributed by atoms with Crippen LogP contribution in [0.25, 0.3) is 11.0 Å². The number of carbonyl (C=O) groups is 1. The fraction of sp³-hybridized carbons (Fsp3) is 0.231. The van der Waals surface area contributed by atoms with Crippen LogP contribution in [0, 0.1) is 11.7 Å². The van der Waals surface area contributed by atoms with Gasteiger partial charge in [-0.15, -0.1) is 0 Å². The molecule has 3 rings (SSSR count). The second kappa shape index (κ2) is 4.25. The molecule has 1 amide bonds. The van der Waals surface area contributed by atoms with Crippen molar-refractivity contribution >= 4 is 22.9 Å². The molecular weight excluding hydrogens is 233 g/mol. The van der Waals surface area contributed by atoms with Crippen LogP contribution < -0.4 is 5.32 Å². The first-order valence-electron chi connectivity index (χ1n) is 5.85. The first kappa shape index (κ1) is 11.0. The smallest absolute Gasteiger partial charge is 0.250 e. The van der Waals surface area contributed by atoms with Gasteiger partial charge in [0.15, 0.2) is 0 Å². The SMILES string of the molecule is O=C(C=CC1CC1)Nc1nc2ccc(F)cc2[nH]1. The lowest BCUT2D eigenvalue weighted by Crippen LogP contribution is -2.09. The van der Waals surface area contributed by atoms with Crippen LogP contribution in [-0.4, -0.2) is 15.9 Å². The van der Waals surface area contributed by atoms with Gasteiger partial charge in [-0.05, 0) is 43.0 Å². The molecule has 0 atom stereocenters. The number of halogens is 1. The minimum Gasteiger partial charge on any atom is -0.324 e. The lowest BCUT2D eigenvalue weighted by molar-refractivity contribution is -0.112. The zero-order valence-corrected chi connectivity index (χ0v) is 9.61. The number of fused-ring (bicyclic) bond motifs is 1. The van der Waals surface area contributed by atoms with Gasteiger partial charge in [0.1, 0.15) is 5.82 Å². The molecule has 1 aromatic carbocycles. The molecule has 0 unspecified atom stereocenters. The van der Waals surface area contributed by atoms with Gasteiger partial charge in [-0.1, -0.05) is 6.08 Å². The van der Waals surface area contributed by atoms with Crippen LogP contribution in [0.5, 0.6) is 0 Å². The number of amides is 1. The van der Waals surface area contributed by atoms with Crippen LogP contribution in [0.4, 0.5) is 10.3 Å². The number of aromatic nitrogens is 2. The van der Waals surface area contributed by atoms with Crippen molar-refractivity contribution in [3.05, 3.63) is 36.2 Å². The number of anilines is 1. The van der Waals surface area contributed by atoms with E-state index in [2.05, 4.69) is 15.3 Å². The van der Waals surface area contributed by atoms with Crippen LogP contribution in [-0.2, 0) is 4.79 Å². The maximum atomic E-state index is 13.0. The van der Waals surface area contributed by atoms with Crippen LogP contribution in [0.2, 0.25) is 0 Å². The summed E-state index contributed by atoms with van der Waals surface area (Å²) in [6.07, 6.45) is 5.74. The average Bonchev–Trinajstić information content (AvgIpc) is 3.07. The standard InChI is InChI=1S/C13H12FN3O/c14-9-4-5-10-11(7-9)16-13(15-10)17-12(18)6-3-8-1-2-8/h3-8H,1-2H2,(H2,15,16,17,18). The van der Waals surface area contributed by atoms with Crippen molar-refractivity contribution in [3.8, 4) is 0 Å². The molecule has 1 aliphatic rings. The molecule has 0 bridgehead atoms. The van der Waals surface area contributed by atoms with Gasteiger partial charge >= 0.3 is 0 Å². The number of rotatable bonds is 3. The summed E-state index contributed by atoms with van der Waals surface area (Å²) in [7, 11) is 0. The van der Waals surface area contributed by atoms with E-state index in [-0.39, 0.29) is 11.7 Å². The molecule has 1 saturated carbocycles. The molecule has 4 nitrogen and oxygen atoms in total. The minimum absolute atomic E-state index is 0.221. The molecule has 2 N–H and O–H groups in total. The summed E-state index contributed by atoms with van der Waals surface area (Å²) in [5, 5.41) is 2.62. The topological polar surface area (TPSA) is 57.8 Å². The van der Waals surface area contributed by atoms with Gasteiger partial charge in [-0.25, -0.2) is 9.37 Å². The van der Waals surface area contributed by atoms with Crippen LogP contribution >= 0.6 is 0 Å². The third-order valence-corrected chi connectivity index (χ3v) is 2.83. The number of nitrogens with one attached hydrogen (secondary N) is 2. The molecule has 2 aromatic rings. The number of nitrogens with zero attached hydrogens (tertiary/aromatic N) is 1. The molecule has 5 heteroatoms. The third kappa shape index (κ3) is 2.40. The van der Waals surface area contributed by atoms with E-state index in [4.69, 9.17) is 0 Å². The third-order valence-electron chi connectivity index (χ3n) is 2.83. The van der Waals surface area contributed by atoms with Crippen LogP contribution in [0.1, 0.15) is 12.8 Å². The first-order valence-corrected chi connectivity index (χ1v) is 5.85. The number of aromatic amines is 1. The Labute approximate surface area is 103 Å². The highest BCUT2D eigenvalue weighted by Crippen LogP contribution is 2.29. The number of hydrogen-bond donors (Lipinski definition) is 2. The van der Waals surface area contributed by atoms with E-state index in [1.54, 1.807) is 6.07 Å². The molecule has 1 aliphatic carbocycles. The Morgan fingerprint density at radius 2 is 2.33 bits per heavy atom. The van der Waals surface area contributed by atoms with Crippen molar-refractivity contribution in [3.63, 3.8) is 0 Å². The van der Waals surface area contributed by atoms with Gasteiger partial charge in [0, 0.05) is 0 Å². The number of allylic oxidation sites excluding steroid dienone is 1. The quantitative estimate of drug-likeness (QED) is 0.816. The summed E-state index contributed by atoms with van der Waals surface area (Å²) in [4.78, 5) is 18.6. The van der Waals surface area contributed by atoms with E-state index in [1.165, 1.54) is 18.2 Å². The summed E-state index contributed by atoms with van der Waals surface area (Å²) >= 11 is 0. The van der Waals surface area contributed by atoms with Crippen molar-refractivity contribution in [2.75, 3.05) is 5.32 Å². The number of H-pyrrole nitrogens is 1. The fourth-order valence-electron chi connectivity index (χ4n) is 1.71. The summed E-state index contributed by atoms with van der Waals surface area (Å²) in [6, 6.07) is 4.25. The predicted octanol–water partition coefficient (Wildman–Crippen LogP) is 2.61. The van der Waals surface area contributed by atoms with E-state index < -0.39 is 0 Å². The lowest BCUT2D eigenvalue weighted by Gasteiger charge is -1.94. The lowest BCUT2D eigenvalue weighted by atomic mass is 10.3. The summed E-state index contributed by atoms with van der Waals surface area (Å²) in [6.45, 7) is 0. The normalized spacial score (nSPS) is 15.4. The van der Waals surface area contributed by atoms with Gasteiger partial charge < -0.3 is 4.98 Å². The van der Waals surface area contributed by atoms with Gasteiger partial charge in [-0.3, -0.25) is 10.1 Å². The van der Waals surface area contributed by atoms with Crippen molar-refractivity contribution < 1.29 is 9.18 Å². The number of benzene rings is 1. The van der Waals surface area contributed by atoms with Crippen molar-refractivity contribution in [2.45, 2.75) is 12.8 Å². The highest BCUT2D eigenvalue weighted by Gasteiger charge is 2.17. The Balaban J connectivity index is 1.75. The molecule has 0 saturated heterocycles. The Morgan fingerprint density at radius 1 is 1.50 bits per heavy atom. The number of hydrogen-bond acceptors (Lipinski definition) is 2.